The molecular formula is C15H21FN2O3. The Morgan fingerprint density at radius 2 is 2.10 bits per heavy atom. The summed E-state index contributed by atoms with van der Waals surface area (Å²) in [5.74, 6) is -1.33. The first-order valence-corrected chi connectivity index (χ1v) is 6.94. The molecule has 0 heterocycles. The van der Waals surface area contributed by atoms with Crippen molar-refractivity contribution in [3.8, 4) is 0 Å². The van der Waals surface area contributed by atoms with Gasteiger partial charge in [-0.1, -0.05) is 25.5 Å². The molecule has 0 spiro atoms. The Balaban J connectivity index is 2.44. The van der Waals surface area contributed by atoms with Crippen molar-refractivity contribution in [2.45, 2.75) is 32.7 Å². The van der Waals surface area contributed by atoms with Crippen molar-refractivity contribution in [1.82, 2.24) is 10.6 Å². The molecule has 3 N–H and O–H groups in total. The van der Waals surface area contributed by atoms with Gasteiger partial charge in [0.1, 0.15) is 5.82 Å². The van der Waals surface area contributed by atoms with Crippen molar-refractivity contribution in [1.29, 1.82) is 0 Å². The molecule has 0 aliphatic heterocycles. The predicted octanol–water partition coefficient (Wildman–Crippen LogP) is 2.69. The third kappa shape index (κ3) is 6.25. The largest absolute Gasteiger partial charge is 0.481 e. The van der Waals surface area contributed by atoms with E-state index in [1.807, 2.05) is 6.92 Å². The fraction of sp³-hybridized carbons (Fsp3) is 0.467. The van der Waals surface area contributed by atoms with Gasteiger partial charge < -0.3 is 15.7 Å². The first kappa shape index (κ1) is 16.9. The van der Waals surface area contributed by atoms with Crippen molar-refractivity contribution in [2.75, 3.05) is 6.54 Å². The van der Waals surface area contributed by atoms with E-state index >= 15 is 0 Å². The van der Waals surface area contributed by atoms with Gasteiger partial charge in [-0.05, 0) is 30.5 Å². The quantitative estimate of drug-likeness (QED) is 0.724. The SMILES string of the molecule is CCC(CNC(=O)NC(C)c1cccc(F)c1)CC(=O)O. The number of carboxylic acid groups (broad SMARTS) is 1. The zero-order valence-electron chi connectivity index (χ0n) is 12.2. The van der Waals surface area contributed by atoms with Crippen LogP contribution in [0, 0.1) is 11.7 Å². The highest BCUT2D eigenvalue weighted by atomic mass is 19.1. The van der Waals surface area contributed by atoms with Gasteiger partial charge in [0.25, 0.3) is 0 Å². The lowest BCUT2D eigenvalue weighted by Gasteiger charge is -2.17. The zero-order chi connectivity index (χ0) is 15.8. The fourth-order valence-electron chi connectivity index (χ4n) is 1.95. The number of hydrogen-bond acceptors (Lipinski definition) is 2. The molecule has 0 radical (unpaired) electrons. The van der Waals surface area contributed by atoms with E-state index in [0.29, 0.717) is 18.5 Å². The number of carboxylic acids is 1. The van der Waals surface area contributed by atoms with Crippen molar-refractivity contribution in [2.24, 2.45) is 5.92 Å². The van der Waals surface area contributed by atoms with Gasteiger partial charge in [0.05, 0.1) is 6.04 Å². The van der Waals surface area contributed by atoms with Gasteiger partial charge in [0.2, 0.25) is 0 Å². The van der Waals surface area contributed by atoms with Gasteiger partial charge in [-0.2, -0.15) is 0 Å². The second-order valence-corrected chi connectivity index (χ2v) is 5.00. The van der Waals surface area contributed by atoms with Crippen LogP contribution in [0.2, 0.25) is 0 Å². The Kier molecular flexibility index (Phi) is 6.65. The van der Waals surface area contributed by atoms with Crippen LogP contribution in [0.3, 0.4) is 0 Å². The van der Waals surface area contributed by atoms with Crippen LogP contribution in [0.4, 0.5) is 9.18 Å². The summed E-state index contributed by atoms with van der Waals surface area (Å²) in [5, 5.41) is 14.1. The minimum Gasteiger partial charge on any atom is -0.481 e. The van der Waals surface area contributed by atoms with Gasteiger partial charge in [0.15, 0.2) is 0 Å². The van der Waals surface area contributed by atoms with E-state index in [2.05, 4.69) is 10.6 Å². The molecule has 0 aromatic heterocycles. The molecule has 0 fully saturated rings. The second-order valence-electron chi connectivity index (χ2n) is 5.00. The maximum Gasteiger partial charge on any atom is 0.315 e. The number of aliphatic carboxylic acids is 1. The normalized spacial score (nSPS) is 13.3. The molecule has 1 aromatic carbocycles. The number of amides is 2. The van der Waals surface area contributed by atoms with Crippen molar-refractivity contribution < 1.29 is 19.1 Å². The van der Waals surface area contributed by atoms with Crippen molar-refractivity contribution in [3.63, 3.8) is 0 Å². The average Bonchev–Trinajstić information content (AvgIpc) is 2.43. The highest BCUT2D eigenvalue weighted by Crippen LogP contribution is 2.13. The summed E-state index contributed by atoms with van der Waals surface area (Å²) in [6.07, 6.45) is 0.697. The maximum atomic E-state index is 13.1. The number of carbonyl (C=O) groups is 2. The topological polar surface area (TPSA) is 78.4 Å². The molecule has 5 nitrogen and oxygen atoms in total. The van der Waals surface area contributed by atoms with E-state index in [1.54, 1.807) is 19.1 Å². The summed E-state index contributed by atoms with van der Waals surface area (Å²) in [5.41, 5.74) is 0.669. The van der Waals surface area contributed by atoms with Gasteiger partial charge in [0, 0.05) is 13.0 Å². The first-order valence-electron chi connectivity index (χ1n) is 6.94. The number of rotatable bonds is 7. The predicted molar refractivity (Wildman–Crippen MR) is 77.4 cm³/mol. The number of nitrogens with one attached hydrogen (secondary N) is 2. The molecule has 6 heteroatoms. The number of halogens is 1. The van der Waals surface area contributed by atoms with Crippen LogP contribution in [-0.4, -0.2) is 23.7 Å². The third-order valence-electron chi connectivity index (χ3n) is 3.29. The summed E-state index contributed by atoms with van der Waals surface area (Å²) in [7, 11) is 0. The van der Waals surface area contributed by atoms with Crippen molar-refractivity contribution >= 4 is 12.0 Å². The van der Waals surface area contributed by atoms with Crippen LogP contribution in [-0.2, 0) is 4.79 Å². The Morgan fingerprint density at radius 3 is 2.67 bits per heavy atom. The lowest BCUT2D eigenvalue weighted by atomic mass is 10.0. The molecule has 0 saturated heterocycles. The van der Waals surface area contributed by atoms with E-state index in [-0.39, 0.29) is 24.2 Å². The molecule has 2 atom stereocenters. The van der Waals surface area contributed by atoms with Crippen LogP contribution in [0.1, 0.15) is 38.3 Å². The Labute approximate surface area is 123 Å². The van der Waals surface area contributed by atoms with Crippen LogP contribution in [0.25, 0.3) is 0 Å². The molecule has 21 heavy (non-hydrogen) atoms. The number of carbonyl (C=O) groups excluding carboxylic acids is 1. The molecule has 116 valence electrons. The summed E-state index contributed by atoms with van der Waals surface area (Å²) in [6, 6.07) is 5.29. The number of urea groups is 1. The zero-order valence-corrected chi connectivity index (χ0v) is 12.2. The van der Waals surface area contributed by atoms with Crippen LogP contribution < -0.4 is 10.6 Å². The monoisotopic (exact) mass is 296 g/mol. The molecule has 0 bridgehead atoms. The summed E-state index contributed by atoms with van der Waals surface area (Å²) < 4.78 is 13.1. The van der Waals surface area contributed by atoms with Gasteiger partial charge >= 0.3 is 12.0 Å². The smallest absolute Gasteiger partial charge is 0.315 e. The molecule has 0 aliphatic rings. The lowest BCUT2D eigenvalue weighted by molar-refractivity contribution is -0.138. The maximum absolute atomic E-state index is 13.1. The highest BCUT2D eigenvalue weighted by molar-refractivity contribution is 5.74. The molecular weight excluding hydrogens is 275 g/mol. The van der Waals surface area contributed by atoms with E-state index < -0.39 is 12.0 Å². The fourth-order valence-corrected chi connectivity index (χ4v) is 1.95. The Bertz CT molecular complexity index is 494. The summed E-state index contributed by atoms with van der Waals surface area (Å²) >= 11 is 0. The molecule has 2 amide bonds. The van der Waals surface area contributed by atoms with E-state index in [1.165, 1.54) is 12.1 Å². The minimum absolute atomic E-state index is 0.0240. The van der Waals surface area contributed by atoms with Gasteiger partial charge in [-0.3, -0.25) is 4.79 Å². The highest BCUT2D eigenvalue weighted by Gasteiger charge is 2.14. The minimum atomic E-state index is -0.878. The summed E-state index contributed by atoms with van der Waals surface area (Å²) in [6.45, 7) is 3.93. The van der Waals surface area contributed by atoms with Gasteiger partial charge in [-0.25, -0.2) is 9.18 Å². The Morgan fingerprint density at radius 1 is 1.38 bits per heavy atom. The average molecular weight is 296 g/mol. The molecule has 0 aliphatic carbocycles. The first-order chi connectivity index (χ1) is 9.92. The van der Waals surface area contributed by atoms with Crippen LogP contribution in [0.5, 0.6) is 0 Å². The van der Waals surface area contributed by atoms with E-state index in [9.17, 15) is 14.0 Å². The molecule has 1 rings (SSSR count). The molecule has 0 saturated carbocycles. The van der Waals surface area contributed by atoms with Crippen LogP contribution >= 0.6 is 0 Å². The van der Waals surface area contributed by atoms with E-state index in [0.717, 1.165) is 0 Å². The number of benzene rings is 1. The second kappa shape index (κ2) is 8.24. The summed E-state index contributed by atoms with van der Waals surface area (Å²) in [4.78, 5) is 22.4. The number of hydrogen-bond donors (Lipinski definition) is 3. The third-order valence-corrected chi connectivity index (χ3v) is 3.29. The lowest BCUT2D eigenvalue weighted by Crippen LogP contribution is -2.39. The van der Waals surface area contributed by atoms with Crippen molar-refractivity contribution in [3.05, 3.63) is 35.6 Å². The van der Waals surface area contributed by atoms with E-state index in [4.69, 9.17) is 5.11 Å². The van der Waals surface area contributed by atoms with Gasteiger partial charge in [-0.15, -0.1) is 0 Å². The molecule has 1 aromatic rings. The molecule has 2 unspecified atom stereocenters. The van der Waals surface area contributed by atoms with Crippen LogP contribution in [0.15, 0.2) is 24.3 Å². The standard InChI is InChI=1S/C15H21FN2O3/c1-3-11(7-14(19)20)9-17-15(21)18-10(2)12-5-4-6-13(16)8-12/h4-6,8,10-11H,3,7,9H2,1-2H3,(H,19,20)(H2,17,18,21). The Hall–Kier alpha value is -2.11.